The van der Waals surface area contributed by atoms with Crippen LogP contribution in [-0.4, -0.2) is 21.6 Å². The highest BCUT2D eigenvalue weighted by Crippen LogP contribution is 2.22. The van der Waals surface area contributed by atoms with Gasteiger partial charge in [0.1, 0.15) is 0 Å². The largest absolute Gasteiger partial charge is 0.419 e. The van der Waals surface area contributed by atoms with E-state index in [0.29, 0.717) is 18.3 Å². The summed E-state index contributed by atoms with van der Waals surface area (Å²) >= 11 is 0. The van der Waals surface area contributed by atoms with Gasteiger partial charge in [-0.3, -0.25) is 4.90 Å². The van der Waals surface area contributed by atoms with Gasteiger partial charge in [-0.05, 0) is 36.6 Å². The number of hydrogen-bond acceptors (Lipinski definition) is 4. The third-order valence-electron chi connectivity index (χ3n) is 4.33. The maximum atomic E-state index is 5.84. The molecule has 2 aromatic carbocycles. The first-order valence-electron chi connectivity index (χ1n) is 7.96. The number of nitrogens with zero attached hydrogens (tertiary/aromatic N) is 3. The zero-order chi connectivity index (χ0) is 15.6. The highest BCUT2D eigenvalue weighted by molar-refractivity contribution is 5.52. The van der Waals surface area contributed by atoms with Crippen LogP contribution in [0.3, 0.4) is 0 Å². The standard InChI is InChI=1S/C19H19N3O/c1-14-6-8-16(9-7-14)19-21-20-18(23-19)13-22-11-10-15-4-2-3-5-17(15)12-22/h2-9H,10-13H2,1H3. The van der Waals surface area contributed by atoms with E-state index >= 15 is 0 Å². The van der Waals surface area contributed by atoms with Crippen LogP contribution < -0.4 is 0 Å². The SMILES string of the molecule is Cc1ccc(-c2nnc(CN3CCc4ccccc4C3)o2)cc1. The van der Waals surface area contributed by atoms with Crippen LogP contribution >= 0.6 is 0 Å². The summed E-state index contributed by atoms with van der Waals surface area (Å²) in [6, 6.07) is 16.8. The van der Waals surface area contributed by atoms with Gasteiger partial charge in [0.25, 0.3) is 0 Å². The molecule has 0 fully saturated rings. The average molecular weight is 305 g/mol. The van der Waals surface area contributed by atoms with Crippen molar-refractivity contribution in [3.05, 3.63) is 71.1 Å². The lowest BCUT2D eigenvalue weighted by Crippen LogP contribution is -2.30. The van der Waals surface area contributed by atoms with E-state index in [1.807, 2.05) is 12.1 Å². The molecule has 0 atom stereocenters. The summed E-state index contributed by atoms with van der Waals surface area (Å²) in [5.41, 5.74) is 5.05. The molecule has 1 aliphatic heterocycles. The Morgan fingerprint density at radius 1 is 1.00 bits per heavy atom. The van der Waals surface area contributed by atoms with Crippen molar-refractivity contribution in [1.29, 1.82) is 0 Å². The first kappa shape index (κ1) is 14.2. The van der Waals surface area contributed by atoms with Gasteiger partial charge in [-0.15, -0.1) is 10.2 Å². The van der Waals surface area contributed by atoms with Crippen LogP contribution in [0.2, 0.25) is 0 Å². The molecule has 0 aliphatic carbocycles. The summed E-state index contributed by atoms with van der Waals surface area (Å²) in [6.07, 6.45) is 1.08. The Morgan fingerprint density at radius 2 is 1.78 bits per heavy atom. The van der Waals surface area contributed by atoms with Crippen LogP contribution in [0.1, 0.15) is 22.6 Å². The molecule has 0 N–H and O–H groups in total. The van der Waals surface area contributed by atoms with Crippen LogP contribution in [0.5, 0.6) is 0 Å². The predicted octanol–water partition coefficient (Wildman–Crippen LogP) is 3.60. The molecule has 0 spiro atoms. The maximum Gasteiger partial charge on any atom is 0.247 e. The van der Waals surface area contributed by atoms with E-state index in [1.54, 1.807) is 0 Å². The van der Waals surface area contributed by atoms with Crippen molar-refractivity contribution in [2.24, 2.45) is 0 Å². The average Bonchev–Trinajstić information content (AvgIpc) is 3.04. The molecule has 2 heterocycles. The Kier molecular flexibility index (Phi) is 3.67. The van der Waals surface area contributed by atoms with E-state index in [1.165, 1.54) is 16.7 Å². The summed E-state index contributed by atoms with van der Waals surface area (Å²) in [6.45, 7) is 4.74. The number of rotatable bonds is 3. The number of aryl methyl sites for hydroxylation is 1. The molecule has 1 aromatic heterocycles. The van der Waals surface area contributed by atoms with E-state index in [0.717, 1.165) is 25.1 Å². The molecular formula is C19H19N3O. The third-order valence-corrected chi connectivity index (χ3v) is 4.33. The van der Waals surface area contributed by atoms with E-state index in [2.05, 4.69) is 58.4 Å². The molecule has 4 rings (SSSR count). The summed E-state index contributed by atoms with van der Waals surface area (Å²) in [4.78, 5) is 2.36. The highest BCUT2D eigenvalue weighted by atomic mass is 16.4. The van der Waals surface area contributed by atoms with Gasteiger partial charge in [-0.25, -0.2) is 0 Å². The van der Waals surface area contributed by atoms with E-state index in [-0.39, 0.29) is 0 Å². The molecule has 0 saturated carbocycles. The van der Waals surface area contributed by atoms with Crippen molar-refractivity contribution < 1.29 is 4.42 Å². The highest BCUT2D eigenvalue weighted by Gasteiger charge is 2.18. The Hall–Kier alpha value is -2.46. The molecule has 1 aliphatic rings. The molecule has 0 bridgehead atoms. The second-order valence-corrected chi connectivity index (χ2v) is 6.10. The zero-order valence-corrected chi connectivity index (χ0v) is 13.2. The monoisotopic (exact) mass is 305 g/mol. The van der Waals surface area contributed by atoms with Crippen LogP contribution in [0.15, 0.2) is 52.9 Å². The Morgan fingerprint density at radius 3 is 2.61 bits per heavy atom. The van der Waals surface area contributed by atoms with E-state index < -0.39 is 0 Å². The molecule has 0 saturated heterocycles. The fourth-order valence-electron chi connectivity index (χ4n) is 3.01. The molecule has 0 unspecified atom stereocenters. The maximum absolute atomic E-state index is 5.84. The Balaban J connectivity index is 1.47. The van der Waals surface area contributed by atoms with Crippen molar-refractivity contribution in [2.75, 3.05) is 6.54 Å². The fraction of sp³-hybridized carbons (Fsp3) is 0.263. The van der Waals surface area contributed by atoms with E-state index in [4.69, 9.17) is 4.42 Å². The number of benzene rings is 2. The zero-order valence-electron chi connectivity index (χ0n) is 13.2. The normalized spacial score (nSPS) is 14.7. The minimum atomic E-state index is 0.595. The van der Waals surface area contributed by atoms with Crippen LogP contribution in [0.4, 0.5) is 0 Å². The number of aromatic nitrogens is 2. The fourth-order valence-corrected chi connectivity index (χ4v) is 3.01. The van der Waals surface area contributed by atoms with Crippen molar-refractivity contribution in [3.63, 3.8) is 0 Å². The van der Waals surface area contributed by atoms with Crippen molar-refractivity contribution >= 4 is 0 Å². The number of fused-ring (bicyclic) bond motifs is 1. The lowest BCUT2D eigenvalue weighted by atomic mass is 10.00. The molecule has 116 valence electrons. The molecule has 4 nitrogen and oxygen atoms in total. The Bertz CT molecular complexity index is 807. The van der Waals surface area contributed by atoms with Crippen molar-refractivity contribution in [3.8, 4) is 11.5 Å². The van der Waals surface area contributed by atoms with Gasteiger partial charge in [0, 0.05) is 18.7 Å². The Labute approximate surface area is 135 Å². The van der Waals surface area contributed by atoms with Crippen molar-refractivity contribution in [1.82, 2.24) is 15.1 Å². The molecule has 0 radical (unpaired) electrons. The van der Waals surface area contributed by atoms with Gasteiger partial charge in [-0.2, -0.15) is 0 Å². The minimum Gasteiger partial charge on any atom is -0.419 e. The van der Waals surface area contributed by atoms with Crippen LogP contribution in [0.25, 0.3) is 11.5 Å². The number of hydrogen-bond donors (Lipinski definition) is 0. The van der Waals surface area contributed by atoms with Gasteiger partial charge in [0.05, 0.1) is 6.54 Å². The quantitative estimate of drug-likeness (QED) is 0.741. The summed E-state index contributed by atoms with van der Waals surface area (Å²) in [7, 11) is 0. The van der Waals surface area contributed by atoms with Gasteiger partial charge < -0.3 is 4.42 Å². The van der Waals surface area contributed by atoms with Crippen molar-refractivity contribution in [2.45, 2.75) is 26.4 Å². The second kappa shape index (κ2) is 5.97. The lowest BCUT2D eigenvalue weighted by Gasteiger charge is -2.27. The molecule has 23 heavy (non-hydrogen) atoms. The predicted molar refractivity (Wildman–Crippen MR) is 88.7 cm³/mol. The van der Waals surface area contributed by atoms with Crippen LogP contribution in [-0.2, 0) is 19.5 Å². The van der Waals surface area contributed by atoms with Crippen LogP contribution in [0, 0.1) is 6.92 Å². The van der Waals surface area contributed by atoms with Gasteiger partial charge >= 0.3 is 0 Å². The second-order valence-electron chi connectivity index (χ2n) is 6.10. The van der Waals surface area contributed by atoms with E-state index in [9.17, 15) is 0 Å². The smallest absolute Gasteiger partial charge is 0.247 e. The van der Waals surface area contributed by atoms with Gasteiger partial charge in [-0.1, -0.05) is 42.0 Å². The van der Waals surface area contributed by atoms with Gasteiger partial charge in [0.15, 0.2) is 0 Å². The molecule has 4 heteroatoms. The summed E-state index contributed by atoms with van der Waals surface area (Å²) in [5, 5.41) is 8.39. The summed E-state index contributed by atoms with van der Waals surface area (Å²) in [5.74, 6) is 1.28. The molecule has 3 aromatic rings. The first-order chi connectivity index (χ1) is 11.3. The summed E-state index contributed by atoms with van der Waals surface area (Å²) < 4.78 is 5.84. The molecular weight excluding hydrogens is 286 g/mol. The first-order valence-corrected chi connectivity index (χ1v) is 7.96. The molecule has 0 amide bonds. The topological polar surface area (TPSA) is 42.2 Å². The minimum absolute atomic E-state index is 0.595. The third kappa shape index (κ3) is 3.03. The van der Waals surface area contributed by atoms with Gasteiger partial charge in [0.2, 0.25) is 11.8 Å². The lowest BCUT2D eigenvalue weighted by molar-refractivity contribution is 0.222.